The summed E-state index contributed by atoms with van der Waals surface area (Å²) in [5.41, 5.74) is 4.47. The van der Waals surface area contributed by atoms with Gasteiger partial charge in [0.25, 0.3) is 0 Å². The normalized spacial score (nSPS) is 20.9. The molecule has 0 amide bonds. The van der Waals surface area contributed by atoms with Gasteiger partial charge in [-0.3, -0.25) is 0 Å². The number of nitrogens with one attached hydrogen (secondary N) is 2. The van der Waals surface area contributed by atoms with Crippen molar-refractivity contribution >= 4 is 17.8 Å². The fraction of sp³-hybridized carbons (Fsp3) is 0.391. The van der Waals surface area contributed by atoms with E-state index >= 15 is 0 Å². The van der Waals surface area contributed by atoms with Crippen LogP contribution >= 0.6 is 0 Å². The summed E-state index contributed by atoms with van der Waals surface area (Å²) in [6.07, 6.45) is 5.68. The molecule has 0 saturated heterocycles. The minimum Gasteiger partial charge on any atom is -0.392 e. The lowest BCUT2D eigenvalue weighted by atomic mass is 9.64. The summed E-state index contributed by atoms with van der Waals surface area (Å²) in [5.74, 6) is 0.966. The molecule has 4 rings (SSSR count). The maximum atomic E-state index is 9.95. The van der Waals surface area contributed by atoms with Crippen molar-refractivity contribution in [3.05, 3.63) is 52.2 Å². The van der Waals surface area contributed by atoms with Gasteiger partial charge in [-0.25, -0.2) is 4.98 Å². The van der Waals surface area contributed by atoms with E-state index in [2.05, 4.69) is 38.8 Å². The fourth-order valence-corrected chi connectivity index (χ4v) is 3.94. The van der Waals surface area contributed by atoms with Crippen LogP contribution in [0, 0.1) is 28.1 Å². The molecule has 1 saturated carbocycles. The Morgan fingerprint density at radius 3 is 2.80 bits per heavy atom. The highest BCUT2D eigenvalue weighted by Gasteiger charge is 2.47. The summed E-state index contributed by atoms with van der Waals surface area (Å²) in [4.78, 5) is 8.74. The van der Waals surface area contributed by atoms with Crippen molar-refractivity contribution in [3.63, 3.8) is 0 Å². The Hall–Kier alpha value is -3.42. The van der Waals surface area contributed by atoms with Crippen LogP contribution in [0.25, 0.3) is 6.08 Å². The predicted molar refractivity (Wildman–Crippen MR) is 115 cm³/mol. The number of aromatic nitrogens is 2. The second-order valence-corrected chi connectivity index (χ2v) is 8.52. The van der Waals surface area contributed by atoms with Crippen LogP contribution < -0.4 is 10.6 Å². The van der Waals surface area contributed by atoms with Gasteiger partial charge < -0.3 is 15.7 Å². The minimum atomic E-state index is -0.354. The van der Waals surface area contributed by atoms with Crippen LogP contribution in [0.4, 0.5) is 11.8 Å². The van der Waals surface area contributed by atoms with E-state index in [0.29, 0.717) is 35.9 Å². The number of fused-ring (bicyclic) bond motifs is 1. The number of rotatable bonds is 6. The molecular weight excluding hydrogens is 376 g/mol. The Balaban J connectivity index is 1.38. The number of nitriles is 2. The van der Waals surface area contributed by atoms with E-state index < -0.39 is 0 Å². The molecule has 0 spiro atoms. The lowest BCUT2D eigenvalue weighted by Crippen LogP contribution is -2.57. The molecule has 1 heterocycles. The van der Waals surface area contributed by atoms with Gasteiger partial charge in [0, 0.05) is 18.0 Å². The van der Waals surface area contributed by atoms with E-state index in [9.17, 15) is 10.4 Å². The Morgan fingerprint density at radius 1 is 1.27 bits per heavy atom. The largest absolute Gasteiger partial charge is 0.392 e. The molecule has 2 aliphatic rings. The molecule has 1 fully saturated rings. The van der Waals surface area contributed by atoms with Crippen molar-refractivity contribution in [1.82, 2.24) is 9.97 Å². The quantitative estimate of drug-likeness (QED) is 0.681. The molecule has 2 aromatic rings. The fourth-order valence-electron chi connectivity index (χ4n) is 3.94. The summed E-state index contributed by atoms with van der Waals surface area (Å²) in [5, 5.41) is 34.9. The van der Waals surface area contributed by atoms with Crippen LogP contribution in [0.1, 0.15) is 48.9 Å². The number of hydrogen-bond acceptors (Lipinski definition) is 7. The average Bonchev–Trinajstić information content (AvgIpc) is 3.15. The Morgan fingerprint density at radius 2 is 2.10 bits per heavy atom. The lowest BCUT2D eigenvalue weighted by Gasteiger charge is -2.49. The summed E-state index contributed by atoms with van der Waals surface area (Å²) in [6, 6.07) is 10.2. The molecule has 0 radical (unpaired) electrons. The van der Waals surface area contributed by atoms with Gasteiger partial charge in [0.1, 0.15) is 17.5 Å². The second-order valence-electron chi connectivity index (χ2n) is 8.52. The first kappa shape index (κ1) is 19.9. The van der Waals surface area contributed by atoms with Crippen molar-refractivity contribution in [1.29, 1.82) is 10.5 Å². The van der Waals surface area contributed by atoms with Gasteiger partial charge in [0.2, 0.25) is 5.95 Å². The third-order valence-electron chi connectivity index (χ3n) is 6.22. The third kappa shape index (κ3) is 3.72. The first-order chi connectivity index (χ1) is 14.4. The molecule has 0 bridgehead atoms. The first-order valence-electron chi connectivity index (χ1n) is 10.1. The Labute approximate surface area is 176 Å². The number of anilines is 2. The Bertz CT molecular complexity index is 1090. The zero-order valence-corrected chi connectivity index (χ0v) is 17.1. The van der Waals surface area contributed by atoms with Crippen LogP contribution in [0.15, 0.2) is 30.0 Å². The SMILES string of the molecule is CC1(C)[C@@H](O)C[C@H]1Nc1nc(NCCC2=Cc3cc(C#N)ccc3C2)ncc1C#N. The van der Waals surface area contributed by atoms with Crippen molar-refractivity contribution in [3.8, 4) is 12.1 Å². The van der Waals surface area contributed by atoms with Crippen molar-refractivity contribution in [2.45, 2.75) is 45.3 Å². The van der Waals surface area contributed by atoms with E-state index in [4.69, 9.17) is 5.26 Å². The molecule has 1 aromatic carbocycles. The third-order valence-corrected chi connectivity index (χ3v) is 6.22. The predicted octanol–water partition coefficient (Wildman–Crippen LogP) is 3.23. The molecule has 2 aliphatic carbocycles. The maximum absolute atomic E-state index is 9.95. The summed E-state index contributed by atoms with van der Waals surface area (Å²) in [7, 11) is 0. The number of nitrogens with zero attached hydrogens (tertiary/aromatic N) is 4. The molecule has 152 valence electrons. The van der Waals surface area contributed by atoms with E-state index in [-0.39, 0.29) is 17.6 Å². The Kier molecular flexibility index (Phi) is 5.15. The molecule has 2 atom stereocenters. The number of aliphatic hydroxyl groups is 1. The first-order valence-corrected chi connectivity index (χ1v) is 10.1. The number of aliphatic hydroxyl groups excluding tert-OH is 1. The lowest BCUT2D eigenvalue weighted by molar-refractivity contribution is -0.0511. The van der Waals surface area contributed by atoms with Gasteiger partial charge >= 0.3 is 0 Å². The van der Waals surface area contributed by atoms with E-state index in [1.54, 1.807) is 0 Å². The highest BCUT2D eigenvalue weighted by atomic mass is 16.3. The molecular formula is C23H24N6O. The van der Waals surface area contributed by atoms with Crippen LogP contribution in [-0.2, 0) is 6.42 Å². The molecule has 30 heavy (non-hydrogen) atoms. The van der Waals surface area contributed by atoms with Gasteiger partial charge in [-0.05, 0) is 42.5 Å². The van der Waals surface area contributed by atoms with Crippen molar-refractivity contribution in [2.24, 2.45) is 5.41 Å². The molecule has 0 unspecified atom stereocenters. The highest BCUT2D eigenvalue weighted by molar-refractivity contribution is 5.65. The summed E-state index contributed by atoms with van der Waals surface area (Å²) < 4.78 is 0. The van der Waals surface area contributed by atoms with E-state index in [0.717, 1.165) is 18.4 Å². The highest BCUT2D eigenvalue weighted by Crippen LogP contribution is 2.42. The van der Waals surface area contributed by atoms with Crippen LogP contribution in [-0.4, -0.2) is 33.8 Å². The minimum absolute atomic E-state index is 0.0581. The van der Waals surface area contributed by atoms with Gasteiger partial charge in [-0.15, -0.1) is 0 Å². The molecule has 3 N–H and O–H groups in total. The zero-order valence-electron chi connectivity index (χ0n) is 17.1. The number of hydrogen-bond donors (Lipinski definition) is 3. The summed E-state index contributed by atoms with van der Waals surface area (Å²) >= 11 is 0. The molecule has 7 nitrogen and oxygen atoms in total. The maximum Gasteiger partial charge on any atom is 0.224 e. The topological polar surface area (TPSA) is 118 Å². The second kappa shape index (κ2) is 7.78. The van der Waals surface area contributed by atoms with Crippen molar-refractivity contribution in [2.75, 3.05) is 17.2 Å². The van der Waals surface area contributed by atoms with Crippen LogP contribution in [0.5, 0.6) is 0 Å². The summed E-state index contributed by atoms with van der Waals surface area (Å²) in [6.45, 7) is 4.67. The van der Waals surface area contributed by atoms with Gasteiger partial charge in [0.15, 0.2) is 0 Å². The zero-order chi connectivity index (χ0) is 21.3. The van der Waals surface area contributed by atoms with Gasteiger partial charge in [-0.1, -0.05) is 31.6 Å². The molecule has 0 aliphatic heterocycles. The molecule has 7 heteroatoms. The molecule has 1 aromatic heterocycles. The van der Waals surface area contributed by atoms with E-state index in [1.807, 2.05) is 32.0 Å². The van der Waals surface area contributed by atoms with E-state index in [1.165, 1.54) is 17.3 Å². The standard InChI is InChI=1S/C23H24N6O/c1-23(2)19(10-20(23)30)28-21-18(12-25)13-27-22(29-21)26-6-5-14-7-16-4-3-15(11-24)9-17(16)8-14/h3-4,8-9,13,19-20,30H,5-7,10H2,1-2H3,(H2,26,27,28,29)/t19-,20+/m1/s1. The number of benzene rings is 1. The average molecular weight is 400 g/mol. The van der Waals surface area contributed by atoms with Crippen LogP contribution in [0.2, 0.25) is 0 Å². The van der Waals surface area contributed by atoms with Gasteiger partial charge in [0.05, 0.1) is 23.9 Å². The van der Waals surface area contributed by atoms with Crippen LogP contribution in [0.3, 0.4) is 0 Å². The monoisotopic (exact) mass is 400 g/mol. The van der Waals surface area contributed by atoms with Crippen molar-refractivity contribution < 1.29 is 5.11 Å². The smallest absolute Gasteiger partial charge is 0.224 e. The van der Waals surface area contributed by atoms with Gasteiger partial charge in [-0.2, -0.15) is 15.5 Å².